The van der Waals surface area contributed by atoms with Crippen LogP contribution in [-0.2, 0) is 0 Å². The Labute approximate surface area is 162 Å². The zero-order chi connectivity index (χ0) is 19.2. The number of nitrogens with one attached hydrogen (secondary N) is 1. The molecule has 1 fully saturated rings. The number of amides is 1. The van der Waals surface area contributed by atoms with Crippen molar-refractivity contribution in [2.75, 3.05) is 36.4 Å². The maximum absolute atomic E-state index is 12.5. The average molecular weight is 367 g/mol. The Morgan fingerprint density at radius 2 is 1.81 bits per heavy atom. The predicted molar refractivity (Wildman–Crippen MR) is 112 cm³/mol. The minimum Gasteiger partial charge on any atom is -0.372 e. The Morgan fingerprint density at radius 3 is 2.44 bits per heavy atom. The van der Waals surface area contributed by atoms with Gasteiger partial charge in [0.1, 0.15) is 5.82 Å². The van der Waals surface area contributed by atoms with Gasteiger partial charge >= 0.3 is 0 Å². The highest BCUT2D eigenvalue weighted by Crippen LogP contribution is 2.25. The van der Waals surface area contributed by atoms with Gasteiger partial charge in [0, 0.05) is 49.3 Å². The van der Waals surface area contributed by atoms with Crippen LogP contribution in [0.25, 0.3) is 0 Å². The summed E-state index contributed by atoms with van der Waals surface area (Å²) in [5.41, 5.74) is 2.91. The highest BCUT2D eigenvalue weighted by Gasteiger charge is 2.16. The molecule has 3 rings (SSSR count). The van der Waals surface area contributed by atoms with E-state index in [0.717, 1.165) is 24.7 Å². The fourth-order valence-electron chi connectivity index (χ4n) is 3.50. The van der Waals surface area contributed by atoms with E-state index in [4.69, 9.17) is 0 Å². The molecule has 144 valence electrons. The standard InChI is InChI=1S/C22H30N4O/c1-4-25(5-2)22(27)18-10-13-23-21(16-18)24-19-6-8-20(9-7-19)26-14-11-17(3)12-15-26/h6-10,13,16-17H,4-5,11-12,14-15H2,1-3H3,(H,23,24). The molecule has 0 bridgehead atoms. The summed E-state index contributed by atoms with van der Waals surface area (Å²) in [5, 5.41) is 3.31. The molecule has 0 spiro atoms. The van der Waals surface area contributed by atoms with Crippen LogP contribution in [0.1, 0.15) is 44.0 Å². The van der Waals surface area contributed by atoms with E-state index in [0.29, 0.717) is 24.5 Å². The van der Waals surface area contributed by atoms with Gasteiger partial charge in [-0.3, -0.25) is 4.79 Å². The van der Waals surface area contributed by atoms with Crippen LogP contribution in [0.2, 0.25) is 0 Å². The average Bonchev–Trinajstić information content (AvgIpc) is 2.70. The van der Waals surface area contributed by atoms with Crippen molar-refractivity contribution in [1.29, 1.82) is 0 Å². The Balaban J connectivity index is 1.67. The molecule has 0 aliphatic carbocycles. The van der Waals surface area contributed by atoms with Gasteiger partial charge in [0.2, 0.25) is 0 Å². The van der Waals surface area contributed by atoms with Crippen LogP contribution in [0, 0.1) is 5.92 Å². The van der Waals surface area contributed by atoms with Crippen molar-refractivity contribution < 1.29 is 4.79 Å². The fourth-order valence-corrected chi connectivity index (χ4v) is 3.50. The van der Waals surface area contributed by atoms with E-state index in [2.05, 4.69) is 46.4 Å². The van der Waals surface area contributed by atoms with Gasteiger partial charge in [-0.2, -0.15) is 0 Å². The summed E-state index contributed by atoms with van der Waals surface area (Å²) in [6, 6.07) is 12.1. The number of pyridine rings is 1. The predicted octanol–water partition coefficient (Wildman–Crippen LogP) is 4.54. The van der Waals surface area contributed by atoms with Crippen LogP contribution in [-0.4, -0.2) is 42.0 Å². The lowest BCUT2D eigenvalue weighted by atomic mass is 9.99. The van der Waals surface area contributed by atoms with Crippen LogP contribution in [0.3, 0.4) is 0 Å². The van der Waals surface area contributed by atoms with Gasteiger partial charge in [-0.1, -0.05) is 6.92 Å². The number of carbonyl (C=O) groups is 1. The number of hydrogen-bond donors (Lipinski definition) is 1. The first kappa shape index (κ1) is 19.2. The van der Waals surface area contributed by atoms with Crippen molar-refractivity contribution in [3.8, 4) is 0 Å². The number of nitrogens with zero attached hydrogens (tertiary/aromatic N) is 3. The number of rotatable bonds is 6. The Hall–Kier alpha value is -2.56. The summed E-state index contributed by atoms with van der Waals surface area (Å²) < 4.78 is 0. The zero-order valence-corrected chi connectivity index (χ0v) is 16.6. The van der Waals surface area contributed by atoms with Crippen LogP contribution < -0.4 is 10.2 Å². The number of piperidine rings is 1. The molecule has 0 atom stereocenters. The number of aromatic nitrogens is 1. The summed E-state index contributed by atoms with van der Waals surface area (Å²) >= 11 is 0. The second-order valence-corrected chi connectivity index (χ2v) is 7.25. The lowest BCUT2D eigenvalue weighted by molar-refractivity contribution is 0.0773. The van der Waals surface area contributed by atoms with Gasteiger partial charge < -0.3 is 15.1 Å². The van der Waals surface area contributed by atoms with Crippen LogP contribution in [0.5, 0.6) is 0 Å². The molecule has 27 heavy (non-hydrogen) atoms. The Morgan fingerprint density at radius 1 is 1.15 bits per heavy atom. The third-order valence-electron chi connectivity index (χ3n) is 5.35. The summed E-state index contributed by atoms with van der Waals surface area (Å²) in [5.74, 6) is 1.56. The minimum absolute atomic E-state index is 0.0418. The molecule has 1 N–H and O–H groups in total. The highest BCUT2D eigenvalue weighted by atomic mass is 16.2. The second kappa shape index (κ2) is 8.89. The van der Waals surface area contributed by atoms with Gasteiger partial charge in [0.25, 0.3) is 5.91 Å². The Kier molecular flexibility index (Phi) is 6.32. The van der Waals surface area contributed by atoms with E-state index in [1.807, 2.05) is 24.8 Å². The van der Waals surface area contributed by atoms with Gasteiger partial charge in [-0.15, -0.1) is 0 Å². The largest absolute Gasteiger partial charge is 0.372 e. The Bertz CT molecular complexity index is 747. The van der Waals surface area contributed by atoms with E-state index in [9.17, 15) is 4.79 Å². The van der Waals surface area contributed by atoms with E-state index in [1.54, 1.807) is 12.3 Å². The molecular formula is C22H30N4O. The summed E-state index contributed by atoms with van der Waals surface area (Å²) in [6.45, 7) is 9.99. The van der Waals surface area contributed by atoms with Gasteiger partial charge in [0.15, 0.2) is 0 Å². The molecule has 2 heterocycles. The molecule has 0 saturated carbocycles. The molecule has 1 saturated heterocycles. The number of carbonyl (C=O) groups excluding carboxylic acids is 1. The van der Waals surface area contributed by atoms with Crippen LogP contribution in [0.4, 0.5) is 17.2 Å². The summed E-state index contributed by atoms with van der Waals surface area (Å²) in [4.78, 5) is 21.1. The molecule has 1 aliphatic rings. The van der Waals surface area contributed by atoms with Crippen molar-refractivity contribution in [3.05, 3.63) is 48.2 Å². The minimum atomic E-state index is 0.0418. The smallest absolute Gasteiger partial charge is 0.254 e. The third kappa shape index (κ3) is 4.79. The van der Waals surface area contributed by atoms with Gasteiger partial charge in [-0.25, -0.2) is 4.98 Å². The second-order valence-electron chi connectivity index (χ2n) is 7.25. The molecule has 5 nitrogen and oxygen atoms in total. The highest BCUT2D eigenvalue weighted by molar-refractivity contribution is 5.95. The van der Waals surface area contributed by atoms with Crippen LogP contribution >= 0.6 is 0 Å². The molecule has 0 radical (unpaired) electrons. The van der Waals surface area contributed by atoms with E-state index in [1.165, 1.54) is 18.5 Å². The third-order valence-corrected chi connectivity index (χ3v) is 5.35. The number of anilines is 3. The van der Waals surface area contributed by atoms with Crippen molar-refractivity contribution in [1.82, 2.24) is 9.88 Å². The van der Waals surface area contributed by atoms with Gasteiger partial charge in [0.05, 0.1) is 0 Å². The fraction of sp³-hybridized carbons (Fsp3) is 0.455. The van der Waals surface area contributed by atoms with Crippen LogP contribution in [0.15, 0.2) is 42.6 Å². The molecule has 1 amide bonds. The van der Waals surface area contributed by atoms with Crippen molar-refractivity contribution in [2.24, 2.45) is 5.92 Å². The normalized spacial score (nSPS) is 14.9. The summed E-state index contributed by atoms with van der Waals surface area (Å²) in [7, 11) is 0. The van der Waals surface area contributed by atoms with Crippen molar-refractivity contribution >= 4 is 23.1 Å². The zero-order valence-electron chi connectivity index (χ0n) is 16.6. The molecule has 1 aromatic carbocycles. The lowest BCUT2D eigenvalue weighted by Crippen LogP contribution is -2.32. The topological polar surface area (TPSA) is 48.5 Å². The van der Waals surface area contributed by atoms with Crippen molar-refractivity contribution in [3.63, 3.8) is 0 Å². The molecule has 1 aliphatic heterocycles. The monoisotopic (exact) mass is 366 g/mol. The molecule has 1 aromatic heterocycles. The van der Waals surface area contributed by atoms with E-state index < -0.39 is 0 Å². The maximum atomic E-state index is 12.5. The SMILES string of the molecule is CCN(CC)C(=O)c1ccnc(Nc2ccc(N3CCC(C)CC3)cc2)c1. The van der Waals surface area contributed by atoms with E-state index >= 15 is 0 Å². The lowest BCUT2D eigenvalue weighted by Gasteiger charge is -2.32. The maximum Gasteiger partial charge on any atom is 0.254 e. The van der Waals surface area contributed by atoms with E-state index in [-0.39, 0.29) is 5.91 Å². The summed E-state index contributed by atoms with van der Waals surface area (Å²) in [6.07, 6.45) is 4.21. The first-order valence-corrected chi connectivity index (χ1v) is 9.98. The number of benzene rings is 1. The first-order valence-electron chi connectivity index (χ1n) is 9.98. The molecule has 0 unspecified atom stereocenters. The molecule has 5 heteroatoms. The quantitative estimate of drug-likeness (QED) is 0.815. The van der Waals surface area contributed by atoms with Crippen molar-refractivity contribution in [2.45, 2.75) is 33.6 Å². The first-order chi connectivity index (χ1) is 13.1. The number of hydrogen-bond acceptors (Lipinski definition) is 4. The van der Waals surface area contributed by atoms with Gasteiger partial charge in [-0.05, 0) is 69.0 Å². The molecular weight excluding hydrogens is 336 g/mol. The molecule has 2 aromatic rings.